The topological polar surface area (TPSA) is 143 Å². The second kappa shape index (κ2) is 8.58. The van der Waals surface area contributed by atoms with Gasteiger partial charge in [0.05, 0.1) is 12.2 Å². The minimum atomic E-state index is -3.87. The largest absolute Gasteiger partial charge is 0.383 e. The lowest BCUT2D eigenvalue weighted by atomic mass is 10.2. The molecule has 1 aromatic carbocycles. The summed E-state index contributed by atoms with van der Waals surface area (Å²) in [5, 5.41) is 3.03. The molecule has 0 saturated carbocycles. The highest BCUT2D eigenvalue weighted by molar-refractivity contribution is 7.90. The Balaban J connectivity index is 2.06. The lowest BCUT2D eigenvalue weighted by molar-refractivity contribution is 0.506. The van der Waals surface area contributed by atoms with Crippen molar-refractivity contribution in [2.75, 3.05) is 29.0 Å². The van der Waals surface area contributed by atoms with Crippen molar-refractivity contribution in [3.05, 3.63) is 45.1 Å². The SMILES string of the molecule is CC(C)CN(CC1=NS(=O)(=O)c2ccccc2N1)c1c(N)n(CC(C)C)c(=O)[nH]c1=O. The van der Waals surface area contributed by atoms with E-state index in [1.165, 1.54) is 10.6 Å². The average Bonchev–Trinajstić information content (AvgIpc) is 2.63. The van der Waals surface area contributed by atoms with Crippen LogP contribution in [0.5, 0.6) is 0 Å². The molecule has 168 valence electrons. The summed E-state index contributed by atoms with van der Waals surface area (Å²) in [5.74, 6) is 0.461. The Bertz CT molecular complexity index is 1230. The van der Waals surface area contributed by atoms with Crippen LogP contribution in [0, 0.1) is 11.8 Å². The maximum absolute atomic E-state index is 12.7. The quantitative estimate of drug-likeness (QED) is 0.582. The zero-order chi connectivity index (χ0) is 22.9. The van der Waals surface area contributed by atoms with Gasteiger partial charge in [-0.15, -0.1) is 4.40 Å². The number of amidine groups is 1. The number of fused-ring (bicyclic) bond motifs is 1. The van der Waals surface area contributed by atoms with Crippen molar-refractivity contribution in [2.24, 2.45) is 16.2 Å². The minimum absolute atomic E-state index is 0.00108. The van der Waals surface area contributed by atoms with E-state index in [0.29, 0.717) is 18.8 Å². The van der Waals surface area contributed by atoms with Crippen molar-refractivity contribution in [1.29, 1.82) is 0 Å². The number of nitrogens with zero attached hydrogens (tertiary/aromatic N) is 3. The van der Waals surface area contributed by atoms with Crippen LogP contribution >= 0.6 is 0 Å². The number of sulfonamides is 1. The monoisotopic (exact) mass is 448 g/mol. The first-order chi connectivity index (χ1) is 14.5. The van der Waals surface area contributed by atoms with Gasteiger partial charge in [-0.25, -0.2) is 4.79 Å². The molecule has 2 aromatic rings. The molecule has 0 atom stereocenters. The zero-order valence-corrected chi connectivity index (χ0v) is 18.9. The number of benzene rings is 1. The van der Waals surface area contributed by atoms with Crippen LogP contribution in [0.15, 0.2) is 43.1 Å². The van der Waals surface area contributed by atoms with Gasteiger partial charge in [0.15, 0.2) is 0 Å². The second-order valence-corrected chi connectivity index (χ2v) is 9.98. The zero-order valence-electron chi connectivity index (χ0n) is 18.0. The Labute approximate surface area is 180 Å². The Morgan fingerprint density at radius 1 is 1.13 bits per heavy atom. The molecule has 31 heavy (non-hydrogen) atoms. The molecule has 2 heterocycles. The number of hydrogen-bond donors (Lipinski definition) is 3. The standard InChI is InChI=1S/C20H28N6O4S/c1-12(2)9-25(17-18(21)26(10-13(3)4)20(28)23-19(17)27)11-16-22-14-7-5-6-8-15(14)31(29,30)24-16/h5-8,12-13H,9-11,21H2,1-4H3,(H,22,24)(H,23,27,28). The van der Waals surface area contributed by atoms with Crippen LogP contribution in [0.25, 0.3) is 0 Å². The molecule has 11 heteroatoms. The number of nitrogens with two attached hydrogens (primary N) is 1. The molecule has 0 saturated heterocycles. The van der Waals surface area contributed by atoms with Gasteiger partial charge in [0.2, 0.25) is 0 Å². The molecule has 0 fully saturated rings. The third-order valence-corrected chi connectivity index (χ3v) is 6.05. The Morgan fingerprint density at radius 3 is 2.45 bits per heavy atom. The number of aromatic amines is 1. The highest BCUT2D eigenvalue weighted by atomic mass is 32.2. The van der Waals surface area contributed by atoms with E-state index in [9.17, 15) is 18.0 Å². The van der Waals surface area contributed by atoms with Crippen molar-refractivity contribution in [3.8, 4) is 0 Å². The van der Waals surface area contributed by atoms with Crippen molar-refractivity contribution >= 4 is 33.1 Å². The van der Waals surface area contributed by atoms with Crippen LogP contribution in [-0.2, 0) is 16.6 Å². The van der Waals surface area contributed by atoms with Crippen LogP contribution in [0.4, 0.5) is 17.2 Å². The Hall–Kier alpha value is -3.08. The van der Waals surface area contributed by atoms with Crippen molar-refractivity contribution in [3.63, 3.8) is 0 Å². The minimum Gasteiger partial charge on any atom is -0.383 e. The van der Waals surface area contributed by atoms with Gasteiger partial charge in [0.25, 0.3) is 15.6 Å². The van der Waals surface area contributed by atoms with E-state index in [1.54, 1.807) is 23.1 Å². The highest BCUT2D eigenvalue weighted by Gasteiger charge is 2.27. The predicted octanol–water partition coefficient (Wildman–Crippen LogP) is 1.45. The number of nitrogen functional groups attached to an aromatic ring is 1. The smallest absolute Gasteiger partial charge is 0.330 e. The normalized spacial score (nSPS) is 14.8. The summed E-state index contributed by atoms with van der Waals surface area (Å²) in [6.45, 7) is 8.53. The van der Waals surface area contributed by atoms with Crippen molar-refractivity contribution in [2.45, 2.75) is 39.1 Å². The molecule has 0 radical (unpaired) electrons. The number of anilines is 3. The lowest BCUT2D eigenvalue weighted by Gasteiger charge is -2.29. The van der Waals surface area contributed by atoms with Gasteiger partial charge in [-0.2, -0.15) is 8.42 Å². The molecule has 0 amide bonds. The molecule has 10 nitrogen and oxygen atoms in total. The van der Waals surface area contributed by atoms with Gasteiger partial charge < -0.3 is 16.0 Å². The molecule has 0 unspecified atom stereocenters. The molecule has 0 aliphatic carbocycles. The van der Waals surface area contributed by atoms with E-state index in [1.807, 2.05) is 27.7 Å². The summed E-state index contributed by atoms with van der Waals surface area (Å²) in [5.41, 5.74) is 5.61. The molecule has 4 N–H and O–H groups in total. The maximum Gasteiger partial charge on any atom is 0.330 e. The molecular weight excluding hydrogens is 420 g/mol. The first-order valence-electron chi connectivity index (χ1n) is 10.1. The summed E-state index contributed by atoms with van der Waals surface area (Å²) < 4.78 is 30.4. The molecular formula is C20H28N6O4S. The lowest BCUT2D eigenvalue weighted by Crippen LogP contribution is -2.44. The first kappa shape index (κ1) is 22.6. The number of hydrogen-bond acceptors (Lipinski definition) is 7. The summed E-state index contributed by atoms with van der Waals surface area (Å²) in [6, 6.07) is 6.48. The third kappa shape index (κ3) is 4.82. The van der Waals surface area contributed by atoms with E-state index in [2.05, 4.69) is 14.7 Å². The second-order valence-electron chi connectivity index (χ2n) is 8.41. The Kier molecular flexibility index (Phi) is 6.25. The van der Waals surface area contributed by atoms with Crippen molar-refractivity contribution < 1.29 is 8.42 Å². The third-order valence-electron chi connectivity index (χ3n) is 4.68. The molecule has 3 rings (SSSR count). The molecule has 1 aliphatic rings. The van der Waals surface area contributed by atoms with Gasteiger partial charge >= 0.3 is 5.69 Å². The fourth-order valence-electron chi connectivity index (χ4n) is 3.52. The number of nitrogens with one attached hydrogen (secondary N) is 2. The summed E-state index contributed by atoms with van der Waals surface area (Å²) in [7, 11) is -3.87. The number of para-hydroxylation sites is 1. The van der Waals surface area contributed by atoms with E-state index in [-0.39, 0.29) is 40.6 Å². The maximum atomic E-state index is 12.7. The van der Waals surface area contributed by atoms with E-state index in [4.69, 9.17) is 5.73 Å². The van der Waals surface area contributed by atoms with Crippen LogP contribution in [0.3, 0.4) is 0 Å². The predicted molar refractivity (Wildman–Crippen MR) is 122 cm³/mol. The molecule has 1 aliphatic heterocycles. The van der Waals surface area contributed by atoms with Gasteiger partial charge in [-0.1, -0.05) is 39.8 Å². The summed E-state index contributed by atoms with van der Waals surface area (Å²) >= 11 is 0. The van der Waals surface area contributed by atoms with Gasteiger partial charge in [-0.3, -0.25) is 14.3 Å². The number of aromatic nitrogens is 2. The van der Waals surface area contributed by atoms with Crippen LogP contribution < -0.4 is 27.2 Å². The highest BCUT2D eigenvalue weighted by Crippen LogP contribution is 2.27. The van der Waals surface area contributed by atoms with Crippen LogP contribution in [0.1, 0.15) is 27.7 Å². The summed E-state index contributed by atoms with van der Waals surface area (Å²) in [6.07, 6.45) is 0. The van der Waals surface area contributed by atoms with E-state index >= 15 is 0 Å². The van der Waals surface area contributed by atoms with Gasteiger partial charge in [0.1, 0.15) is 22.2 Å². The number of rotatable bonds is 7. The van der Waals surface area contributed by atoms with Gasteiger partial charge in [-0.05, 0) is 24.0 Å². The number of H-pyrrole nitrogens is 1. The average molecular weight is 449 g/mol. The van der Waals surface area contributed by atoms with Crippen molar-refractivity contribution in [1.82, 2.24) is 9.55 Å². The molecule has 0 spiro atoms. The molecule has 0 bridgehead atoms. The Morgan fingerprint density at radius 2 is 1.81 bits per heavy atom. The van der Waals surface area contributed by atoms with Crippen LogP contribution in [-0.4, -0.2) is 36.9 Å². The fourth-order valence-corrected chi connectivity index (χ4v) is 4.66. The van der Waals surface area contributed by atoms with Crippen LogP contribution in [0.2, 0.25) is 0 Å². The summed E-state index contributed by atoms with van der Waals surface area (Å²) in [4.78, 5) is 29.1. The van der Waals surface area contributed by atoms with E-state index < -0.39 is 21.3 Å². The van der Waals surface area contributed by atoms with E-state index in [0.717, 1.165) is 0 Å². The fraction of sp³-hybridized carbons (Fsp3) is 0.450. The molecule has 1 aromatic heterocycles. The van der Waals surface area contributed by atoms with Gasteiger partial charge in [0, 0.05) is 13.1 Å². The first-order valence-corrected chi connectivity index (χ1v) is 11.5.